The number of fused-ring (bicyclic) bond motifs is 1. The van der Waals surface area contributed by atoms with Gasteiger partial charge in [-0.15, -0.1) is 0 Å². The molecule has 2 fully saturated rings. The number of para-hydroxylation sites is 1. The average Bonchev–Trinajstić information content (AvgIpc) is 3.51. The molecule has 0 saturated carbocycles. The molecule has 0 aliphatic carbocycles. The number of nitrogen functional groups attached to an aromatic ring is 1. The molecule has 3 aromatic rings. The van der Waals surface area contributed by atoms with Crippen LogP contribution < -0.4 is 11.1 Å². The van der Waals surface area contributed by atoms with Crippen LogP contribution in [-0.2, 0) is 23.8 Å². The van der Waals surface area contributed by atoms with Crippen molar-refractivity contribution in [2.24, 2.45) is 0 Å². The topological polar surface area (TPSA) is 99.7 Å². The van der Waals surface area contributed by atoms with E-state index in [1.807, 2.05) is 40.3 Å². The van der Waals surface area contributed by atoms with Crippen LogP contribution in [0.4, 0.5) is 29.3 Å². The number of alkyl halides is 3. The molecule has 45 heavy (non-hydrogen) atoms. The molecule has 0 spiro atoms. The normalized spacial score (nSPS) is 19.6. The predicted molar refractivity (Wildman–Crippen MR) is 166 cm³/mol. The van der Waals surface area contributed by atoms with Crippen molar-refractivity contribution in [3.05, 3.63) is 76.8 Å². The van der Waals surface area contributed by atoms with Gasteiger partial charge < -0.3 is 25.4 Å². The lowest BCUT2D eigenvalue weighted by molar-refractivity contribution is -0.139. The summed E-state index contributed by atoms with van der Waals surface area (Å²) in [4.78, 5) is 37.2. The summed E-state index contributed by atoms with van der Waals surface area (Å²) in [6.07, 6.45) is 4.37. The maximum atomic E-state index is 14.1. The summed E-state index contributed by atoms with van der Waals surface area (Å²) >= 11 is 6.17. The second-order valence-electron chi connectivity index (χ2n) is 12.1. The summed E-state index contributed by atoms with van der Waals surface area (Å²) < 4.78 is 43.5. The van der Waals surface area contributed by atoms with Crippen molar-refractivity contribution in [3.63, 3.8) is 0 Å². The first kappa shape index (κ1) is 31.2. The third-order valence-electron chi connectivity index (χ3n) is 9.45. The van der Waals surface area contributed by atoms with Crippen molar-refractivity contribution in [3.8, 4) is 0 Å². The van der Waals surface area contributed by atoms with Crippen LogP contribution >= 0.6 is 11.6 Å². The zero-order chi connectivity index (χ0) is 31.7. The Kier molecular flexibility index (Phi) is 8.96. The van der Waals surface area contributed by atoms with Crippen molar-refractivity contribution in [1.82, 2.24) is 24.3 Å². The van der Waals surface area contributed by atoms with Crippen LogP contribution in [0.1, 0.15) is 48.4 Å². The van der Waals surface area contributed by atoms with Crippen LogP contribution in [0.2, 0.25) is 5.02 Å². The minimum atomic E-state index is -4.68. The highest BCUT2D eigenvalue weighted by Crippen LogP contribution is 2.38. The van der Waals surface area contributed by atoms with Crippen LogP contribution in [-0.4, -0.2) is 81.0 Å². The number of hydrogen-bond acceptors (Lipinski definition) is 5. The molecule has 6 rings (SSSR count). The highest BCUT2D eigenvalue weighted by atomic mass is 35.5. The molecular formula is C32H37ClF3N7O2. The van der Waals surface area contributed by atoms with E-state index in [-0.39, 0.29) is 35.5 Å². The fourth-order valence-electron chi connectivity index (χ4n) is 6.95. The molecule has 9 nitrogen and oxygen atoms in total. The van der Waals surface area contributed by atoms with Gasteiger partial charge in [-0.25, -0.2) is 9.78 Å². The number of carbonyl (C=O) groups excluding carboxylic acids is 2. The number of piperidine rings is 2. The third kappa shape index (κ3) is 6.76. The number of anilines is 2. The Morgan fingerprint density at radius 2 is 1.76 bits per heavy atom. The number of likely N-dealkylation sites (tertiary alicyclic amines) is 2. The Hall–Kier alpha value is -3.77. The highest BCUT2D eigenvalue weighted by Gasteiger charge is 2.38. The largest absolute Gasteiger partial charge is 0.418 e. The first-order valence-corrected chi connectivity index (χ1v) is 15.8. The lowest BCUT2D eigenvalue weighted by atomic mass is 9.95. The Morgan fingerprint density at radius 3 is 2.44 bits per heavy atom. The number of halogens is 4. The first-order chi connectivity index (χ1) is 21.6. The molecule has 240 valence electrons. The molecule has 2 aromatic carbocycles. The van der Waals surface area contributed by atoms with Crippen LogP contribution in [0.3, 0.4) is 0 Å². The van der Waals surface area contributed by atoms with Gasteiger partial charge in [-0.05, 0) is 67.9 Å². The van der Waals surface area contributed by atoms with E-state index in [0.29, 0.717) is 51.1 Å². The van der Waals surface area contributed by atoms with Crippen LogP contribution in [0.5, 0.6) is 0 Å². The van der Waals surface area contributed by atoms with Gasteiger partial charge >= 0.3 is 12.2 Å². The number of nitrogens with two attached hydrogens (primary N) is 1. The molecule has 1 unspecified atom stereocenters. The van der Waals surface area contributed by atoms with Crippen molar-refractivity contribution >= 4 is 34.9 Å². The lowest BCUT2D eigenvalue weighted by Crippen LogP contribution is -2.56. The monoisotopic (exact) mass is 643 g/mol. The zero-order valence-electron chi connectivity index (χ0n) is 24.8. The van der Waals surface area contributed by atoms with Crippen LogP contribution in [0.25, 0.3) is 0 Å². The summed E-state index contributed by atoms with van der Waals surface area (Å²) in [6.45, 7) is 2.72. The average molecular weight is 644 g/mol. The molecule has 3 aliphatic heterocycles. The van der Waals surface area contributed by atoms with Crippen molar-refractivity contribution in [2.45, 2.75) is 62.8 Å². The molecule has 1 aromatic heterocycles. The Bertz CT molecular complexity index is 1520. The maximum Gasteiger partial charge on any atom is 0.418 e. The molecular weight excluding hydrogens is 607 g/mol. The van der Waals surface area contributed by atoms with E-state index < -0.39 is 23.5 Å². The maximum absolute atomic E-state index is 14.1. The highest BCUT2D eigenvalue weighted by molar-refractivity contribution is 6.33. The van der Waals surface area contributed by atoms with E-state index in [9.17, 15) is 22.8 Å². The second kappa shape index (κ2) is 12.9. The van der Waals surface area contributed by atoms with Crippen LogP contribution in [0.15, 0.2) is 55.1 Å². The van der Waals surface area contributed by atoms with Gasteiger partial charge in [-0.2, -0.15) is 13.2 Å². The summed E-state index contributed by atoms with van der Waals surface area (Å²) in [5, 5.41) is 2.85. The zero-order valence-corrected chi connectivity index (χ0v) is 25.6. The van der Waals surface area contributed by atoms with Gasteiger partial charge in [0.05, 0.1) is 28.6 Å². The summed E-state index contributed by atoms with van der Waals surface area (Å²) in [7, 11) is 0. The number of benzene rings is 2. The van der Waals surface area contributed by atoms with E-state index in [2.05, 4.69) is 19.8 Å². The molecule has 2 saturated heterocycles. The number of amides is 3. The van der Waals surface area contributed by atoms with Crippen molar-refractivity contribution in [2.75, 3.05) is 43.8 Å². The van der Waals surface area contributed by atoms with Gasteiger partial charge in [-0.3, -0.25) is 9.69 Å². The van der Waals surface area contributed by atoms with E-state index in [4.69, 9.17) is 17.3 Å². The molecule has 3 aliphatic rings. The minimum Gasteiger partial charge on any atom is -0.397 e. The summed E-state index contributed by atoms with van der Waals surface area (Å²) in [6, 6.07) is 9.63. The van der Waals surface area contributed by atoms with E-state index in [0.717, 1.165) is 36.6 Å². The first-order valence-electron chi connectivity index (χ1n) is 15.4. The van der Waals surface area contributed by atoms with Gasteiger partial charge in [0, 0.05) is 62.9 Å². The summed E-state index contributed by atoms with van der Waals surface area (Å²) in [5.41, 5.74) is 6.40. The van der Waals surface area contributed by atoms with Gasteiger partial charge in [0.2, 0.25) is 5.91 Å². The number of nitrogens with zero attached hydrogens (tertiary/aromatic N) is 5. The number of hydrogen-bond donors (Lipinski definition) is 2. The molecule has 1 atom stereocenters. The number of urea groups is 1. The number of rotatable bonds is 6. The molecule has 3 amide bonds. The lowest BCUT2D eigenvalue weighted by Gasteiger charge is -2.43. The third-order valence-corrected chi connectivity index (χ3v) is 9.77. The number of imidazole rings is 1. The van der Waals surface area contributed by atoms with Gasteiger partial charge in [-0.1, -0.05) is 29.8 Å². The molecule has 0 radical (unpaired) electrons. The van der Waals surface area contributed by atoms with E-state index in [1.165, 1.54) is 6.07 Å². The molecule has 13 heteroatoms. The molecule has 3 N–H and O–H groups in total. The van der Waals surface area contributed by atoms with Crippen LogP contribution in [0, 0.1) is 0 Å². The number of carbonyl (C=O) groups is 2. The summed E-state index contributed by atoms with van der Waals surface area (Å²) in [5.74, 6) is -0.109. The SMILES string of the molecule is Nc1c(Cl)cc(CC(C(=O)N2CCC(n3ccnc3)CC2)N2CCC(N3CCc4ccccc4NC3=O)CC2)cc1C(F)(F)F. The van der Waals surface area contributed by atoms with Gasteiger partial charge in [0.25, 0.3) is 0 Å². The minimum absolute atomic E-state index is 0.0139. The van der Waals surface area contributed by atoms with Crippen molar-refractivity contribution < 1.29 is 22.8 Å². The smallest absolute Gasteiger partial charge is 0.397 e. The van der Waals surface area contributed by atoms with Crippen molar-refractivity contribution in [1.29, 1.82) is 0 Å². The Labute approximate surface area is 265 Å². The van der Waals surface area contributed by atoms with Gasteiger partial charge in [0.15, 0.2) is 0 Å². The van der Waals surface area contributed by atoms with Gasteiger partial charge in [0.1, 0.15) is 0 Å². The number of nitrogens with one attached hydrogen (secondary N) is 1. The molecule has 0 bridgehead atoms. The Morgan fingerprint density at radius 1 is 1.04 bits per heavy atom. The second-order valence-corrected chi connectivity index (χ2v) is 12.5. The predicted octanol–water partition coefficient (Wildman–Crippen LogP) is 5.47. The van der Waals surface area contributed by atoms with E-state index in [1.54, 1.807) is 12.5 Å². The molecule has 4 heterocycles. The quantitative estimate of drug-likeness (QED) is 0.347. The number of aromatic nitrogens is 2. The standard InChI is InChI=1S/C32H37ClF3N7O2/c33-26-18-21(17-25(29(26)37)32(34,35)36)19-28(30(44)41-13-6-23(7-14-41)42-16-10-38-20-42)40-11-8-24(9-12-40)43-15-5-22-3-1-2-4-27(22)39-31(43)45/h1-4,10,16-18,20,23-24,28H,5-9,11-15,19,37H2,(H,39,45). The Balaban J connectivity index is 1.19. The fourth-order valence-corrected chi connectivity index (χ4v) is 7.19. The fraction of sp³-hybridized carbons (Fsp3) is 0.469. The van der Waals surface area contributed by atoms with E-state index >= 15 is 0 Å².